The third-order valence-electron chi connectivity index (χ3n) is 3.37. The zero-order valence-corrected chi connectivity index (χ0v) is 17.9. The van der Waals surface area contributed by atoms with Gasteiger partial charge in [0, 0.05) is 16.7 Å². The third-order valence-corrected chi connectivity index (χ3v) is 4.69. The molecule has 0 aliphatic carbocycles. The summed E-state index contributed by atoms with van der Waals surface area (Å²) in [6.45, 7) is 8.10. The van der Waals surface area contributed by atoms with Gasteiger partial charge in [-0.2, -0.15) is 0 Å². The monoisotopic (exact) mass is 426 g/mol. The van der Waals surface area contributed by atoms with Crippen molar-refractivity contribution < 1.29 is 30.9 Å². The molecule has 1 unspecified atom stereocenters. The second-order valence-corrected chi connectivity index (χ2v) is 10.2. The van der Waals surface area contributed by atoms with Crippen LogP contribution in [0.2, 0.25) is 0 Å². The van der Waals surface area contributed by atoms with Gasteiger partial charge in [-0.1, -0.05) is 35.4 Å². The molecule has 0 heterocycles. The fourth-order valence-corrected chi connectivity index (χ4v) is 3.24. The van der Waals surface area contributed by atoms with E-state index in [-0.39, 0.29) is 19.7 Å². The number of benzene rings is 2. The van der Waals surface area contributed by atoms with Crippen LogP contribution in [0.1, 0.15) is 31.9 Å². The number of aromatic hydroxyl groups is 1. The molecule has 130 valence electrons. The minimum absolute atomic E-state index is 0.0490. The molecular weight excluding hydrogens is 408 g/mol. The van der Waals surface area contributed by atoms with Gasteiger partial charge >= 0.3 is 35.6 Å². The Morgan fingerprint density at radius 2 is 1.62 bits per heavy atom. The summed E-state index contributed by atoms with van der Waals surface area (Å²) in [4.78, 5) is 0. The maximum atomic E-state index is 13.8. The van der Waals surface area contributed by atoms with Crippen LogP contribution in [0.5, 0.6) is 5.75 Å². The van der Waals surface area contributed by atoms with Gasteiger partial charge in [0.1, 0.15) is 17.4 Å². The van der Waals surface area contributed by atoms with Crippen molar-refractivity contribution in [2.45, 2.75) is 33.1 Å². The molecule has 2 aromatic carbocycles. The SMILES string of the molecule is Cc1cc(C(C)(C)C)cc(Pc2ccc(F)cc2F)c1O.[Cl][Ti][Cl]. The summed E-state index contributed by atoms with van der Waals surface area (Å²) in [5, 5.41) is 11.3. The summed E-state index contributed by atoms with van der Waals surface area (Å²) in [6.07, 6.45) is 0. The summed E-state index contributed by atoms with van der Waals surface area (Å²) in [6, 6.07) is 7.40. The van der Waals surface area contributed by atoms with Gasteiger partial charge in [0.15, 0.2) is 0 Å². The predicted molar refractivity (Wildman–Crippen MR) is 97.2 cm³/mol. The fraction of sp³-hybridized carbons (Fsp3) is 0.294. The molecule has 0 aromatic heterocycles. The van der Waals surface area contributed by atoms with Gasteiger partial charge in [-0.25, -0.2) is 8.78 Å². The Hall–Kier alpha value is -0.176. The van der Waals surface area contributed by atoms with Crippen molar-refractivity contribution in [1.29, 1.82) is 0 Å². The first kappa shape index (κ1) is 21.9. The number of halogens is 4. The molecular formula is C17H19Cl2F2OPTi. The number of phenolic OH excluding ortho intramolecular Hbond substituents is 1. The van der Waals surface area contributed by atoms with Crippen molar-refractivity contribution in [2.75, 3.05) is 0 Å². The normalized spacial score (nSPS) is 11.3. The molecule has 1 N–H and O–H groups in total. The van der Waals surface area contributed by atoms with E-state index < -0.39 is 28.7 Å². The average molecular weight is 427 g/mol. The van der Waals surface area contributed by atoms with Crippen LogP contribution >= 0.6 is 27.2 Å². The molecule has 0 fully saturated rings. The summed E-state index contributed by atoms with van der Waals surface area (Å²) >= 11 is -0.556. The third kappa shape index (κ3) is 6.28. The Morgan fingerprint density at radius 3 is 2.12 bits per heavy atom. The Morgan fingerprint density at radius 1 is 1.04 bits per heavy atom. The maximum absolute atomic E-state index is 13.8. The van der Waals surface area contributed by atoms with Gasteiger partial charge in [0.05, 0.1) is 0 Å². The van der Waals surface area contributed by atoms with Gasteiger partial charge in [0.25, 0.3) is 0 Å². The van der Waals surface area contributed by atoms with Crippen LogP contribution < -0.4 is 10.6 Å². The molecule has 2 aromatic rings. The van der Waals surface area contributed by atoms with Crippen LogP contribution in [0.3, 0.4) is 0 Å². The van der Waals surface area contributed by atoms with Crippen molar-refractivity contribution in [3.05, 3.63) is 53.1 Å². The first-order valence-corrected chi connectivity index (χ1v) is 12.4. The van der Waals surface area contributed by atoms with Crippen LogP contribution in [0.4, 0.5) is 8.78 Å². The molecule has 7 heteroatoms. The van der Waals surface area contributed by atoms with Gasteiger partial charge in [0.2, 0.25) is 0 Å². The molecule has 0 saturated heterocycles. The van der Waals surface area contributed by atoms with Crippen LogP contribution in [0.25, 0.3) is 0 Å². The van der Waals surface area contributed by atoms with Crippen LogP contribution in [-0.2, 0) is 22.4 Å². The van der Waals surface area contributed by atoms with Gasteiger partial charge in [-0.3, -0.25) is 0 Å². The molecule has 0 radical (unpaired) electrons. The summed E-state index contributed by atoms with van der Waals surface area (Å²) in [7, 11) is 9.73. The molecule has 0 bridgehead atoms. The molecule has 0 amide bonds. The van der Waals surface area contributed by atoms with Crippen LogP contribution in [0, 0.1) is 18.6 Å². The van der Waals surface area contributed by atoms with Gasteiger partial charge in [-0.15, -0.1) is 0 Å². The molecule has 0 aliphatic heterocycles. The summed E-state index contributed by atoms with van der Waals surface area (Å²) in [5.41, 5.74) is 1.80. The summed E-state index contributed by atoms with van der Waals surface area (Å²) < 4.78 is 26.8. The second-order valence-electron chi connectivity index (χ2n) is 6.26. The van der Waals surface area contributed by atoms with Crippen molar-refractivity contribution in [3.63, 3.8) is 0 Å². The van der Waals surface area contributed by atoms with Crippen molar-refractivity contribution in [3.8, 4) is 5.75 Å². The van der Waals surface area contributed by atoms with E-state index >= 15 is 0 Å². The van der Waals surface area contributed by atoms with E-state index in [1.807, 2.05) is 19.1 Å². The molecule has 0 aliphatic rings. The molecule has 1 atom stereocenters. The van der Waals surface area contributed by atoms with Crippen molar-refractivity contribution in [1.82, 2.24) is 0 Å². The van der Waals surface area contributed by atoms with E-state index in [4.69, 9.17) is 18.6 Å². The van der Waals surface area contributed by atoms with E-state index in [0.717, 1.165) is 17.2 Å². The zero-order chi connectivity index (χ0) is 18.5. The average Bonchev–Trinajstić information content (AvgIpc) is 2.46. The molecule has 2 rings (SSSR count). The minimum atomic E-state index is -0.593. The Kier molecular flexibility index (Phi) is 8.66. The number of hydrogen-bond donors (Lipinski definition) is 1. The molecule has 1 nitrogen and oxygen atoms in total. The number of phenols is 1. The number of aryl methyl sites for hydroxylation is 1. The van der Waals surface area contributed by atoms with E-state index in [1.165, 1.54) is 12.1 Å². The van der Waals surface area contributed by atoms with E-state index in [2.05, 4.69) is 20.8 Å². The Labute approximate surface area is 160 Å². The van der Waals surface area contributed by atoms with E-state index in [9.17, 15) is 13.9 Å². The number of rotatable bonds is 2. The van der Waals surface area contributed by atoms with Crippen molar-refractivity contribution in [2.24, 2.45) is 0 Å². The first-order chi connectivity index (χ1) is 11.1. The summed E-state index contributed by atoms with van der Waals surface area (Å²) in [5.74, 6) is -0.985. The van der Waals surface area contributed by atoms with E-state index in [0.29, 0.717) is 10.6 Å². The Balaban J connectivity index is 0.000000891. The predicted octanol–water partition coefficient (Wildman–Crippen LogP) is 5.28. The van der Waals surface area contributed by atoms with Crippen LogP contribution in [-0.4, -0.2) is 5.11 Å². The van der Waals surface area contributed by atoms with Gasteiger partial charge < -0.3 is 5.11 Å². The standard InChI is InChI=1S/C17H19F2OP.2ClH.Ti/c1-10-7-11(17(2,3)4)8-15(16(10)20)21-14-6-5-12(18)9-13(14)19;;;/h5-9,20-21H,1-4H3;2*1H;/q;;;+2/p-2. The van der Waals surface area contributed by atoms with E-state index in [1.54, 1.807) is 0 Å². The van der Waals surface area contributed by atoms with Crippen molar-refractivity contribution >= 4 is 37.8 Å². The molecule has 24 heavy (non-hydrogen) atoms. The topological polar surface area (TPSA) is 20.2 Å². The van der Waals surface area contributed by atoms with Gasteiger partial charge in [-0.05, 0) is 41.7 Å². The van der Waals surface area contributed by atoms with Crippen LogP contribution in [0.15, 0.2) is 30.3 Å². The zero-order valence-electron chi connectivity index (χ0n) is 13.8. The number of hydrogen-bond acceptors (Lipinski definition) is 1. The fourth-order valence-electron chi connectivity index (χ4n) is 2.04. The first-order valence-electron chi connectivity index (χ1n) is 7.12. The molecule has 0 spiro atoms. The Bertz CT molecular complexity index is 706. The molecule has 0 saturated carbocycles. The second kappa shape index (κ2) is 9.50. The quantitative estimate of drug-likeness (QED) is 0.511.